The van der Waals surface area contributed by atoms with Crippen molar-refractivity contribution in [2.45, 2.75) is 20.4 Å². The van der Waals surface area contributed by atoms with E-state index in [1.54, 1.807) is 23.1 Å². The minimum atomic E-state index is -0.719. The molecule has 0 aliphatic rings. The molecule has 0 aliphatic carbocycles. The van der Waals surface area contributed by atoms with Gasteiger partial charge in [-0.2, -0.15) is 5.10 Å². The molecule has 0 fully saturated rings. The van der Waals surface area contributed by atoms with Crippen molar-refractivity contribution >= 4 is 17.6 Å². The number of nitrogens with zero attached hydrogens (tertiary/aromatic N) is 4. The van der Waals surface area contributed by atoms with Crippen molar-refractivity contribution in [3.05, 3.63) is 53.7 Å². The standard InChI is InChI=1S/C18H18FN5O2/c1-4-24-10-13(9-21-24)22-18-20-8-11(2)16(23-18)12-5-6-14(15(19)7-12)17(25)26-3/h5-10H,4H2,1-3H3,(H,20,22,23). The van der Waals surface area contributed by atoms with Crippen LogP contribution >= 0.6 is 0 Å². The Morgan fingerprint density at radius 1 is 1.35 bits per heavy atom. The van der Waals surface area contributed by atoms with Crippen LogP contribution in [0, 0.1) is 12.7 Å². The topological polar surface area (TPSA) is 81.9 Å². The molecule has 0 atom stereocenters. The van der Waals surface area contributed by atoms with Crippen LogP contribution in [0.3, 0.4) is 0 Å². The number of methoxy groups -OCH3 is 1. The maximum Gasteiger partial charge on any atom is 0.340 e. The number of aromatic nitrogens is 4. The highest BCUT2D eigenvalue weighted by Gasteiger charge is 2.15. The Balaban J connectivity index is 1.92. The van der Waals surface area contributed by atoms with Gasteiger partial charge in [0.2, 0.25) is 5.95 Å². The molecule has 0 aliphatic heterocycles. The Bertz CT molecular complexity index is 955. The van der Waals surface area contributed by atoms with Gasteiger partial charge < -0.3 is 10.1 Å². The third-order valence-electron chi connectivity index (χ3n) is 3.83. The Morgan fingerprint density at radius 3 is 2.81 bits per heavy atom. The van der Waals surface area contributed by atoms with E-state index >= 15 is 0 Å². The number of ether oxygens (including phenoxy) is 1. The Kier molecular flexibility index (Phi) is 4.92. The quantitative estimate of drug-likeness (QED) is 0.707. The summed E-state index contributed by atoms with van der Waals surface area (Å²) in [7, 11) is 1.21. The van der Waals surface area contributed by atoms with Crippen molar-refractivity contribution in [1.29, 1.82) is 0 Å². The van der Waals surface area contributed by atoms with E-state index in [1.165, 1.54) is 19.2 Å². The van der Waals surface area contributed by atoms with Gasteiger partial charge in [0.15, 0.2) is 0 Å². The monoisotopic (exact) mass is 355 g/mol. The lowest BCUT2D eigenvalue weighted by atomic mass is 10.1. The molecule has 8 heteroatoms. The first-order valence-corrected chi connectivity index (χ1v) is 8.03. The van der Waals surface area contributed by atoms with Gasteiger partial charge in [0.05, 0.1) is 30.3 Å². The van der Waals surface area contributed by atoms with Gasteiger partial charge in [0.1, 0.15) is 5.82 Å². The number of benzene rings is 1. The fourth-order valence-corrected chi connectivity index (χ4v) is 2.46. The summed E-state index contributed by atoms with van der Waals surface area (Å²) in [6.45, 7) is 4.58. The van der Waals surface area contributed by atoms with Crippen molar-refractivity contribution in [2.75, 3.05) is 12.4 Å². The number of esters is 1. The van der Waals surface area contributed by atoms with Crippen molar-refractivity contribution in [1.82, 2.24) is 19.7 Å². The molecular weight excluding hydrogens is 337 g/mol. The molecule has 2 aromatic heterocycles. The van der Waals surface area contributed by atoms with Crippen LogP contribution < -0.4 is 5.32 Å². The summed E-state index contributed by atoms with van der Waals surface area (Å²) < 4.78 is 20.6. The smallest absolute Gasteiger partial charge is 0.340 e. The third-order valence-corrected chi connectivity index (χ3v) is 3.83. The van der Waals surface area contributed by atoms with Crippen LogP contribution in [-0.2, 0) is 11.3 Å². The summed E-state index contributed by atoms with van der Waals surface area (Å²) in [4.78, 5) is 20.2. The van der Waals surface area contributed by atoms with Crippen LogP contribution in [0.1, 0.15) is 22.8 Å². The molecule has 0 bridgehead atoms. The molecule has 0 saturated heterocycles. The highest BCUT2D eigenvalue weighted by Crippen LogP contribution is 2.25. The van der Waals surface area contributed by atoms with Gasteiger partial charge in [-0.3, -0.25) is 4.68 Å². The van der Waals surface area contributed by atoms with Crippen LogP contribution in [0.25, 0.3) is 11.3 Å². The first kappa shape index (κ1) is 17.5. The van der Waals surface area contributed by atoms with Crippen LogP contribution in [0.4, 0.5) is 16.0 Å². The van der Waals surface area contributed by atoms with E-state index in [2.05, 4.69) is 25.1 Å². The maximum atomic E-state index is 14.2. The van der Waals surface area contributed by atoms with E-state index < -0.39 is 11.8 Å². The summed E-state index contributed by atoms with van der Waals surface area (Å²) in [5.74, 6) is -1.01. The second-order valence-corrected chi connectivity index (χ2v) is 5.62. The largest absolute Gasteiger partial charge is 0.465 e. The number of hydrogen-bond donors (Lipinski definition) is 1. The van der Waals surface area contributed by atoms with Crippen molar-refractivity contribution in [3.63, 3.8) is 0 Å². The Morgan fingerprint density at radius 2 is 2.15 bits per heavy atom. The minimum absolute atomic E-state index is 0.117. The molecule has 0 unspecified atom stereocenters. The molecule has 1 aromatic carbocycles. The molecule has 2 heterocycles. The summed E-state index contributed by atoms with van der Waals surface area (Å²) >= 11 is 0. The normalized spacial score (nSPS) is 10.6. The second kappa shape index (κ2) is 7.30. The number of hydrogen-bond acceptors (Lipinski definition) is 6. The van der Waals surface area contributed by atoms with Gasteiger partial charge in [-0.25, -0.2) is 19.2 Å². The van der Waals surface area contributed by atoms with E-state index in [-0.39, 0.29) is 5.56 Å². The van der Waals surface area contributed by atoms with Gasteiger partial charge in [0, 0.05) is 24.5 Å². The van der Waals surface area contributed by atoms with Crippen LogP contribution in [-0.4, -0.2) is 32.8 Å². The van der Waals surface area contributed by atoms with Gasteiger partial charge in [-0.15, -0.1) is 0 Å². The Labute approximate surface area is 149 Å². The average Bonchev–Trinajstić information content (AvgIpc) is 3.10. The van der Waals surface area contributed by atoms with Crippen LogP contribution in [0.15, 0.2) is 36.8 Å². The van der Waals surface area contributed by atoms with E-state index in [0.717, 1.165) is 17.8 Å². The summed E-state index contributed by atoms with van der Waals surface area (Å²) in [6.07, 6.45) is 5.17. The number of aryl methyl sites for hydroxylation is 2. The van der Waals surface area contributed by atoms with E-state index in [4.69, 9.17) is 0 Å². The zero-order valence-corrected chi connectivity index (χ0v) is 14.7. The van der Waals surface area contributed by atoms with Crippen LogP contribution in [0.2, 0.25) is 0 Å². The van der Waals surface area contributed by atoms with Gasteiger partial charge in [0.25, 0.3) is 0 Å². The predicted molar refractivity (Wildman–Crippen MR) is 94.7 cm³/mol. The minimum Gasteiger partial charge on any atom is -0.465 e. The van der Waals surface area contributed by atoms with E-state index in [9.17, 15) is 9.18 Å². The van der Waals surface area contributed by atoms with Gasteiger partial charge in [-0.05, 0) is 31.5 Å². The van der Waals surface area contributed by atoms with Crippen LogP contribution in [0.5, 0.6) is 0 Å². The predicted octanol–water partition coefficient (Wildman–Crippen LogP) is 3.34. The molecule has 7 nitrogen and oxygen atoms in total. The number of carbonyl (C=O) groups is 1. The molecule has 1 N–H and O–H groups in total. The lowest BCUT2D eigenvalue weighted by Gasteiger charge is -2.09. The first-order chi connectivity index (χ1) is 12.5. The number of carbonyl (C=O) groups excluding carboxylic acids is 1. The Hall–Kier alpha value is -3.29. The number of rotatable bonds is 5. The third kappa shape index (κ3) is 3.53. The molecule has 3 aromatic rings. The van der Waals surface area contributed by atoms with E-state index in [1.807, 2.05) is 20.0 Å². The lowest BCUT2D eigenvalue weighted by Crippen LogP contribution is -2.05. The summed E-state index contributed by atoms with van der Waals surface area (Å²) in [5, 5.41) is 7.26. The highest BCUT2D eigenvalue weighted by atomic mass is 19.1. The second-order valence-electron chi connectivity index (χ2n) is 5.62. The molecule has 0 amide bonds. The van der Waals surface area contributed by atoms with Gasteiger partial charge >= 0.3 is 5.97 Å². The molecular formula is C18H18FN5O2. The molecule has 134 valence electrons. The van der Waals surface area contributed by atoms with Crippen molar-refractivity contribution in [2.24, 2.45) is 0 Å². The number of halogens is 1. The lowest BCUT2D eigenvalue weighted by molar-refractivity contribution is 0.0595. The molecule has 3 rings (SSSR count). The first-order valence-electron chi connectivity index (χ1n) is 8.03. The number of nitrogens with one attached hydrogen (secondary N) is 1. The molecule has 26 heavy (non-hydrogen) atoms. The van der Waals surface area contributed by atoms with Crippen molar-refractivity contribution < 1.29 is 13.9 Å². The molecule has 0 saturated carbocycles. The number of anilines is 2. The average molecular weight is 355 g/mol. The molecule has 0 spiro atoms. The maximum absolute atomic E-state index is 14.2. The zero-order chi connectivity index (χ0) is 18.7. The molecule has 0 radical (unpaired) electrons. The summed E-state index contributed by atoms with van der Waals surface area (Å²) in [5.41, 5.74) is 2.54. The highest BCUT2D eigenvalue weighted by molar-refractivity contribution is 5.90. The van der Waals surface area contributed by atoms with Gasteiger partial charge in [-0.1, -0.05) is 6.07 Å². The summed E-state index contributed by atoms with van der Waals surface area (Å²) in [6, 6.07) is 4.28. The SMILES string of the molecule is CCn1cc(Nc2ncc(C)c(-c3ccc(C(=O)OC)c(F)c3)n2)cn1. The van der Waals surface area contributed by atoms with E-state index in [0.29, 0.717) is 17.2 Å². The fourth-order valence-electron chi connectivity index (χ4n) is 2.46. The zero-order valence-electron chi connectivity index (χ0n) is 14.7. The van der Waals surface area contributed by atoms with Crippen molar-refractivity contribution in [3.8, 4) is 11.3 Å². The fraction of sp³-hybridized carbons (Fsp3) is 0.222.